The van der Waals surface area contributed by atoms with Crippen LogP contribution in [0.4, 0.5) is 5.82 Å². The van der Waals surface area contributed by atoms with Crippen molar-refractivity contribution in [3.8, 4) is 11.5 Å². The molecule has 1 aliphatic heterocycles. The molecular formula is C23H27N5O3. The fourth-order valence-electron chi connectivity index (χ4n) is 4.06. The number of nitrogens with zero attached hydrogens (tertiary/aromatic N) is 4. The Morgan fingerprint density at radius 2 is 1.87 bits per heavy atom. The molecule has 1 fully saturated rings. The van der Waals surface area contributed by atoms with Crippen molar-refractivity contribution < 1.29 is 14.3 Å². The summed E-state index contributed by atoms with van der Waals surface area (Å²) in [4.78, 5) is 29.0. The number of anilines is 1. The van der Waals surface area contributed by atoms with Gasteiger partial charge in [0, 0.05) is 30.9 Å². The average Bonchev–Trinajstić information content (AvgIpc) is 3.30. The van der Waals surface area contributed by atoms with Crippen molar-refractivity contribution in [1.29, 1.82) is 0 Å². The summed E-state index contributed by atoms with van der Waals surface area (Å²) in [6.07, 6.45) is 2.22. The third kappa shape index (κ3) is 4.10. The van der Waals surface area contributed by atoms with E-state index in [1.54, 1.807) is 14.2 Å². The van der Waals surface area contributed by atoms with E-state index in [4.69, 9.17) is 9.47 Å². The van der Waals surface area contributed by atoms with Gasteiger partial charge in [-0.2, -0.15) is 0 Å². The molecule has 0 aliphatic carbocycles. The number of fused-ring (bicyclic) bond motifs is 1. The van der Waals surface area contributed by atoms with Crippen LogP contribution in [-0.2, 0) is 6.54 Å². The molecule has 0 saturated carbocycles. The molecule has 162 valence electrons. The Balaban J connectivity index is 1.67. The molecule has 0 atom stereocenters. The molecular weight excluding hydrogens is 394 g/mol. The van der Waals surface area contributed by atoms with Gasteiger partial charge in [-0.1, -0.05) is 12.1 Å². The predicted molar refractivity (Wildman–Crippen MR) is 119 cm³/mol. The second-order valence-corrected chi connectivity index (χ2v) is 7.68. The number of hydrogen-bond acceptors (Lipinski definition) is 7. The number of carbonyl (C=O) groups is 1. The molecule has 1 amide bonds. The number of ether oxygens (including phenoxy) is 2. The smallest absolute Gasteiger partial charge is 0.289 e. The van der Waals surface area contributed by atoms with E-state index in [0.29, 0.717) is 17.1 Å². The zero-order valence-electron chi connectivity index (χ0n) is 18.4. The highest BCUT2D eigenvalue weighted by Crippen LogP contribution is 2.31. The summed E-state index contributed by atoms with van der Waals surface area (Å²) < 4.78 is 10.8. The number of para-hydroxylation sites is 1. The fraction of sp³-hybridized carbons (Fsp3) is 0.391. The summed E-state index contributed by atoms with van der Waals surface area (Å²) in [5.41, 5.74) is 3.29. The van der Waals surface area contributed by atoms with Gasteiger partial charge in [-0.3, -0.25) is 4.79 Å². The van der Waals surface area contributed by atoms with Crippen molar-refractivity contribution in [2.45, 2.75) is 33.2 Å². The largest absolute Gasteiger partial charge is 0.493 e. The molecule has 0 bridgehead atoms. The molecule has 0 unspecified atom stereocenters. The lowest BCUT2D eigenvalue weighted by Gasteiger charge is -2.20. The van der Waals surface area contributed by atoms with Crippen molar-refractivity contribution in [3.63, 3.8) is 0 Å². The highest BCUT2D eigenvalue weighted by atomic mass is 16.5. The maximum absolute atomic E-state index is 13.0. The first-order chi connectivity index (χ1) is 15.0. The monoisotopic (exact) mass is 421 g/mol. The predicted octanol–water partition coefficient (Wildman–Crippen LogP) is 3.19. The third-order valence-electron chi connectivity index (χ3n) is 5.51. The van der Waals surface area contributed by atoms with Crippen LogP contribution in [0.15, 0.2) is 24.3 Å². The standard InChI is InChI=1S/C23H27N5O3/c1-14-12-15(2)25-20-18(14)22(28-10-5-6-11-28)27-21(26-20)23(29)24-13-16-8-7-9-17(30-3)19(16)31-4/h7-9,12H,5-6,10-11,13H2,1-4H3,(H,24,29). The average molecular weight is 422 g/mol. The number of pyridine rings is 1. The van der Waals surface area contributed by atoms with E-state index in [0.717, 1.165) is 54.0 Å². The lowest BCUT2D eigenvalue weighted by atomic mass is 10.1. The number of rotatable bonds is 6. The molecule has 0 spiro atoms. The van der Waals surface area contributed by atoms with Gasteiger partial charge in [0.25, 0.3) is 5.91 Å². The van der Waals surface area contributed by atoms with E-state index in [1.165, 1.54) is 0 Å². The van der Waals surface area contributed by atoms with E-state index < -0.39 is 0 Å². The molecule has 1 aliphatic rings. The van der Waals surface area contributed by atoms with Crippen molar-refractivity contribution in [2.24, 2.45) is 0 Å². The lowest BCUT2D eigenvalue weighted by Crippen LogP contribution is -2.27. The lowest BCUT2D eigenvalue weighted by molar-refractivity contribution is 0.0940. The normalized spacial score (nSPS) is 13.5. The van der Waals surface area contributed by atoms with E-state index in [9.17, 15) is 4.79 Å². The first-order valence-corrected chi connectivity index (χ1v) is 10.4. The highest BCUT2D eigenvalue weighted by Gasteiger charge is 2.23. The first kappa shape index (κ1) is 20.8. The molecule has 1 aromatic carbocycles. The van der Waals surface area contributed by atoms with Crippen LogP contribution in [0.2, 0.25) is 0 Å². The Labute approximate surface area is 181 Å². The van der Waals surface area contributed by atoms with Crippen LogP contribution in [0, 0.1) is 13.8 Å². The van der Waals surface area contributed by atoms with Gasteiger partial charge < -0.3 is 19.7 Å². The summed E-state index contributed by atoms with van der Waals surface area (Å²) in [6.45, 7) is 6.07. The molecule has 0 radical (unpaired) electrons. The summed E-state index contributed by atoms with van der Waals surface area (Å²) in [5.74, 6) is 1.76. The summed E-state index contributed by atoms with van der Waals surface area (Å²) in [6, 6.07) is 7.58. The maximum Gasteiger partial charge on any atom is 0.289 e. The van der Waals surface area contributed by atoms with Crippen molar-refractivity contribution >= 4 is 22.8 Å². The van der Waals surface area contributed by atoms with Gasteiger partial charge in [-0.25, -0.2) is 15.0 Å². The SMILES string of the molecule is COc1cccc(CNC(=O)c2nc(N3CCCC3)c3c(C)cc(C)nc3n2)c1OC. The van der Waals surface area contributed by atoms with Crippen molar-refractivity contribution in [3.05, 3.63) is 46.9 Å². The van der Waals surface area contributed by atoms with Crippen LogP contribution < -0.4 is 19.7 Å². The summed E-state index contributed by atoms with van der Waals surface area (Å²) in [5, 5.41) is 3.82. The molecule has 1 N–H and O–H groups in total. The first-order valence-electron chi connectivity index (χ1n) is 10.4. The van der Waals surface area contributed by atoms with E-state index in [-0.39, 0.29) is 18.3 Å². The molecule has 3 heterocycles. The minimum absolute atomic E-state index is 0.119. The van der Waals surface area contributed by atoms with Crippen molar-refractivity contribution in [2.75, 3.05) is 32.2 Å². The highest BCUT2D eigenvalue weighted by molar-refractivity contribution is 5.96. The number of hydrogen-bond donors (Lipinski definition) is 1. The Hall–Kier alpha value is -3.42. The molecule has 8 heteroatoms. The number of methoxy groups -OCH3 is 2. The second kappa shape index (κ2) is 8.75. The molecule has 1 saturated heterocycles. The number of amides is 1. The number of nitrogens with one attached hydrogen (secondary N) is 1. The van der Waals surface area contributed by atoms with Gasteiger partial charge in [-0.05, 0) is 44.4 Å². The Morgan fingerprint density at radius 3 is 2.58 bits per heavy atom. The quantitative estimate of drug-likeness (QED) is 0.654. The van der Waals surface area contributed by atoms with Crippen LogP contribution in [0.5, 0.6) is 11.5 Å². The summed E-state index contributed by atoms with van der Waals surface area (Å²) >= 11 is 0. The number of aryl methyl sites for hydroxylation is 2. The van der Waals surface area contributed by atoms with E-state index in [2.05, 4.69) is 25.2 Å². The number of benzene rings is 1. The van der Waals surface area contributed by atoms with Crippen LogP contribution in [0.1, 0.15) is 40.3 Å². The fourth-order valence-corrected chi connectivity index (χ4v) is 4.06. The number of carbonyl (C=O) groups excluding carboxylic acids is 1. The van der Waals surface area contributed by atoms with Crippen molar-refractivity contribution in [1.82, 2.24) is 20.3 Å². The third-order valence-corrected chi connectivity index (χ3v) is 5.51. The van der Waals surface area contributed by atoms with Gasteiger partial charge in [0.1, 0.15) is 5.82 Å². The molecule has 31 heavy (non-hydrogen) atoms. The molecule has 2 aromatic heterocycles. The van der Waals surface area contributed by atoms with Crippen LogP contribution in [0.25, 0.3) is 11.0 Å². The Morgan fingerprint density at radius 1 is 1.10 bits per heavy atom. The van der Waals surface area contributed by atoms with Gasteiger partial charge >= 0.3 is 0 Å². The molecule has 4 rings (SSSR count). The van der Waals surface area contributed by atoms with E-state index in [1.807, 2.05) is 38.1 Å². The van der Waals surface area contributed by atoms with Crippen LogP contribution in [0.3, 0.4) is 0 Å². The second-order valence-electron chi connectivity index (χ2n) is 7.68. The minimum atomic E-state index is -0.354. The summed E-state index contributed by atoms with van der Waals surface area (Å²) in [7, 11) is 3.16. The zero-order chi connectivity index (χ0) is 22.0. The van der Waals surface area contributed by atoms with Gasteiger partial charge in [-0.15, -0.1) is 0 Å². The van der Waals surface area contributed by atoms with Crippen LogP contribution in [-0.4, -0.2) is 48.2 Å². The van der Waals surface area contributed by atoms with E-state index >= 15 is 0 Å². The number of aromatic nitrogens is 3. The zero-order valence-corrected chi connectivity index (χ0v) is 18.4. The molecule has 8 nitrogen and oxygen atoms in total. The molecule has 3 aromatic rings. The van der Waals surface area contributed by atoms with Crippen LogP contribution >= 0.6 is 0 Å². The van der Waals surface area contributed by atoms with Gasteiger partial charge in [0.05, 0.1) is 19.6 Å². The van der Waals surface area contributed by atoms with Gasteiger partial charge in [0.15, 0.2) is 17.1 Å². The minimum Gasteiger partial charge on any atom is -0.493 e. The van der Waals surface area contributed by atoms with Gasteiger partial charge in [0.2, 0.25) is 5.82 Å². The Bertz CT molecular complexity index is 1130. The topological polar surface area (TPSA) is 89.5 Å². The Kier molecular flexibility index (Phi) is 5.88. The maximum atomic E-state index is 13.0.